The van der Waals surface area contributed by atoms with Gasteiger partial charge in [0.2, 0.25) is 0 Å². The van der Waals surface area contributed by atoms with Gasteiger partial charge >= 0.3 is 0 Å². The van der Waals surface area contributed by atoms with E-state index >= 15 is 0 Å². The van der Waals surface area contributed by atoms with Gasteiger partial charge in [-0.1, -0.05) is 23.2 Å². The molecule has 0 amide bonds. The van der Waals surface area contributed by atoms with Gasteiger partial charge in [-0.25, -0.2) is 4.39 Å². The molecule has 0 fully saturated rings. The van der Waals surface area contributed by atoms with Crippen LogP contribution in [0.4, 0.5) is 4.39 Å². The van der Waals surface area contributed by atoms with Gasteiger partial charge in [0.25, 0.3) is 0 Å². The lowest BCUT2D eigenvalue weighted by molar-refractivity contribution is 0.101. The Bertz CT molecular complexity index is 684. The first-order chi connectivity index (χ1) is 9.38. The largest absolute Gasteiger partial charge is 0.455 e. The van der Waals surface area contributed by atoms with Crippen LogP contribution in [-0.2, 0) is 0 Å². The Balaban J connectivity index is 2.50. The number of rotatable bonds is 3. The number of hydrogen-bond donors (Lipinski definition) is 0. The summed E-state index contributed by atoms with van der Waals surface area (Å²) in [7, 11) is 0. The van der Waals surface area contributed by atoms with Crippen molar-refractivity contribution in [2.45, 2.75) is 13.8 Å². The number of aryl methyl sites for hydroxylation is 1. The molecule has 2 aromatic rings. The van der Waals surface area contributed by atoms with E-state index in [-0.39, 0.29) is 17.1 Å². The highest BCUT2D eigenvalue weighted by atomic mass is 35.5. The van der Waals surface area contributed by atoms with Crippen LogP contribution in [0, 0.1) is 12.7 Å². The predicted octanol–water partition coefficient (Wildman–Crippen LogP) is 5.44. The molecule has 0 heterocycles. The minimum Gasteiger partial charge on any atom is -0.455 e. The number of carbonyl (C=O) groups is 1. The lowest BCUT2D eigenvalue weighted by atomic mass is 10.1. The second-order valence-electron chi connectivity index (χ2n) is 4.33. The quantitative estimate of drug-likeness (QED) is 0.706. The van der Waals surface area contributed by atoms with E-state index in [1.807, 2.05) is 0 Å². The van der Waals surface area contributed by atoms with Gasteiger partial charge in [0.1, 0.15) is 17.3 Å². The number of hydrogen-bond acceptors (Lipinski definition) is 2. The first-order valence-electron chi connectivity index (χ1n) is 5.82. The number of ketones is 1. The maximum atomic E-state index is 13.5. The van der Waals surface area contributed by atoms with Crippen molar-refractivity contribution in [1.29, 1.82) is 0 Å². The topological polar surface area (TPSA) is 26.3 Å². The van der Waals surface area contributed by atoms with Crippen molar-refractivity contribution in [3.63, 3.8) is 0 Å². The Labute approximate surface area is 126 Å². The fourth-order valence-corrected chi connectivity index (χ4v) is 2.01. The SMILES string of the molecule is CC(=O)c1cc(F)c(C)cc1Oc1cc(Cl)ccc1Cl. The second-order valence-corrected chi connectivity index (χ2v) is 5.17. The number of carbonyl (C=O) groups excluding carboxylic acids is 1. The number of ether oxygens (including phenoxy) is 1. The van der Waals surface area contributed by atoms with E-state index in [0.29, 0.717) is 21.4 Å². The average molecular weight is 313 g/mol. The van der Waals surface area contributed by atoms with Crippen molar-refractivity contribution in [1.82, 2.24) is 0 Å². The van der Waals surface area contributed by atoms with Crippen LogP contribution in [0.5, 0.6) is 11.5 Å². The van der Waals surface area contributed by atoms with Crippen LogP contribution in [0.2, 0.25) is 10.0 Å². The zero-order chi connectivity index (χ0) is 14.9. The van der Waals surface area contributed by atoms with Crippen LogP contribution in [0.15, 0.2) is 30.3 Å². The Morgan fingerprint density at radius 3 is 2.50 bits per heavy atom. The number of benzene rings is 2. The summed E-state index contributed by atoms with van der Waals surface area (Å²) in [5, 5.41) is 0.804. The van der Waals surface area contributed by atoms with Crippen molar-refractivity contribution in [2.24, 2.45) is 0 Å². The van der Waals surface area contributed by atoms with Gasteiger partial charge < -0.3 is 4.74 Å². The zero-order valence-electron chi connectivity index (χ0n) is 10.8. The molecule has 0 atom stereocenters. The normalized spacial score (nSPS) is 10.4. The standard InChI is InChI=1S/C15H11Cl2FO2/c1-8-5-14(11(9(2)19)7-13(8)18)20-15-6-10(16)3-4-12(15)17/h3-7H,1-2H3. The van der Waals surface area contributed by atoms with Crippen LogP contribution in [-0.4, -0.2) is 5.78 Å². The van der Waals surface area contributed by atoms with Crippen molar-refractivity contribution >= 4 is 29.0 Å². The molecule has 5 heteroatoms. The van der Waals surface area contributed by atoms with Gasteiger partial charge in [-0.3, -0.25) is 4.79 Å². The maximum Gasteiger partial charge on any atom is 0.163 e. The average Bonchev–Trinajstić information content (AvgIpc) is 2.37. The highest BCUT2D eigenvalue weighted by molar-refractivity contribution is 6.34. The number of Topliss-reactive ketones (excluding diaryl/α,β-unsaturated/α-hetero) is 1. The van der Waals surface area contributed by atoms with Crippen LogP contribution in [0.1, 0.15) is 22.8 Å². The molecule has 0 aliphatic heterocycles. The van der Waals surface area contributed by atoms with E-state index in [0.717, 1.165) is 6.07 Å². The van der Waals surface area contributed by atoms with Crippen LogP contribution in [0.3, 0.4) is 0 Å². The molecule has 2 nitrogen and oxygen atoms in total. The fraction of sp³-hybridized carbons (Fsp3) is 0.133. The molecule has 2 rings (SSSR count). The summed E-state index contributed by atoms with van der Waals surface area (Å²) in [6.45, 7) is 2.93. The zero-order valence-corrected chi connectivity index (χ0v) is 12.3. The molecule has 0 spiro atoms. The van der Waals surface area contributed by atoms with Crippen LogP contribution < -0.4 is 4.74 Å². The molecular weight excluding hydrogens is 302 g/mol. The van der Waals surface area contributed by atoms with Gasteiger partial charge in [-0.05, 0) is 43.7 Å². The second kappa shape index (κ2) is 5.81. The van der Waals surface area contributed by atoms with Gasteiger partial charge in [0.15, 0.2) is 5.78 Å². The molecular formula is C15H11Cl2FO2. The van der Waals surface area contributed by atoms with Crippen molar-refractivity contribution < 1.29 is 13.9 Å². The maximum absolute atomic E-state index is 13.5. The molecule has 104 valence electrons. The van der Waals surface area contributed by atoms with Gasteiger partial charge in [0.05, 0.1) is 10.6 Å². The molecule has 0 bridgehead atoms. The molecule has 2 aromatic carbocycles. The van der Waals surface area contributed by atoms with E-state index in [1.54, 1.807) is 19.1 Å². The Kier molecular flexibility index (Phi) is 4.31. The third kappa shape index (κ3) is 3.11. The molecule has 0 N–H and O–H groups in total. The summed E-state index contributed by atoms with van der Waals surface area (Å²) in [6.07, 6.45) is 0. The number of halogens is 3. The Hall–Kier alpha value is -1.58. The third-order valence-electron chi connectivity index (χ3n) is 2.75. The molecule has 0 aliphatic rings. The van der Waals surface area contributed by atoms with Crippen molar-refractivity contribution in [2.75, 3.05) is 0 Å². The third-order valence-corrected chi connectivity index (χ3v) is 3.30. The minimum atomic E-state index is -0.459. The molecule has 0 aromatic heterocycles. The molecule has 0 saturated carbocycles. The van der Waals surface area contributed by atoms with E-state index in [1.165, 1.54) is 19.1 Å². The smallest absolute Gasteiger partial charge is 0.163 e. The molecule has 0 radical (unpaired) electrons. The van der Waals surface area contributed by atoms with Gasteiger partial charge in [0, 0.05) is 11.1 Å². The first-order valence-corrected chi connectivity index (χ1v) is 6.58. The summed E-state index contributed by atoms with van der Waals surface area (Å²) in [4.78, 5) is 11.6. The van der Waals surface area contributed by atoms with E-state index in [4.69, 9.17) is 27.9 Å². The summed E-state index contributed by atoms with van der Waals surface area (Å²) < 4.78 is 19.2. The molecule has 0 saturated heterocycles. The first kappa shape index (κ1) is 14.8. The highest BCUT2D eigenvalue weighted by Crippen LogP contribution is 2.34. The summed E-state index contributed by atoms with van der Waals surface area (Å²) in [5.41, 5.74) is 0.535. The molecule has 20 heavy (non-hydrogen) atoms. The monoisotopic (exact) mass is 312 g/mol. The van der Waals surface area contributed by atoms with Crippen molar-refractivity contribution in [3.8, 4) is 11.5 Å². The lowest BCUT2D eigenvalue weighted by Crippen LogP contribution is -2.00. The summed E-state index contributed by atoms with van der Waals surface area (Å²) >= 11 is 11.9. The molecule has 0 aliphatic carbocycles. The summed E-state index contributed by atoms with van der Waals surface area (Å²) in [6, 6.07) is 7.36. The van der Waals surface area contributed by atoms with Gasteiger partial charge in [-0.2, -0.15) is 0 Å². The fourth-order valence-electron chi connectivity index (χ4n) is 1.69. The highest BCUT2D eigenvalue weighted by Gasteiger charge is 2.14. The molecule has 0 unspecified atom stereocenters. The Morgan fingerprint density at radius 2 is 1.85 bits per heavy atom. The van der Waals surface area contributed by atoms with Crippen LogP contribution >= 0.6 is 23.2 Å². The Morgan fingerprint density at radius 1 is 1.15 bits per heavy atom. The predicted molar refractivity (Wildman–Crippen MR) is 77.7 cm³/mol. The van der Waals surface area contributed by atoms with Crippen LogP contribution in [0.25, 0.3) is 0 Å². The van der Waals surface area contributed by atoms with Gasteiger partial charge in [-0.15, -0.1) is 0 Å². The minimum absolute atomic E-state index is 0.157. The summed E-state index contributed by atoms with van der Waals surface area (Å²) in [5.74, 6) is -0.190. The van der Waals surface area contributed by atoms with E-state index in [2.05, 4.69) is 0 Å². The van der Waals surface area contributed by atoms with E-state index < -0.39 is 5.82 Å². The van der Waals surface area contributed by atoms with Crippen molar-refractivity contribution in [3.05, 3.63) is 57.3 Å². The van der Waals surface area contributed by atoms with E-state index in [9.17, 15) is 9.18 Å². The lowest BCUT2D eigenvalue weighted by Gasteiger charge is -2.12.